The van der Waals surface area contributed by atoms with Crippen LogP contribution in [0.4, 0.5) is 0 Å². The lowest BCUT2D eigenvalue weighted by atomic mass is 10.0. The second-order valence-corrected chi connectivity index (χ2v) is 7.30. The Balaban J connectivity index is 0.00000140. The van der Waals surface area contributed by atoms with Crippen molar-refractivity contribution in [3.63, 3.8) is 0 Å². The molecule has 0 spiro atoms. The zero-order valence-corrected chi connectivity index (χ0v) is 17.8. The number of carbonyl (C=O) groups is 1. The molecule has 5 nitrogen and oxygen atoms in total. The summed E-state index contributed by atoms with van der Waals surface area (Å²) < 4.78 is 0. The van der Waals surface area contributed by atoms with Crippen LogP contribution in [0.3, 0.4) is 0 Å². The average Bonchev–Trinajstić information content (AvgIpc) is 3.10. The van der Waals surface area contributed by atoms with Gasteiger partial charge >= 0.3 is 0 Å². The molecule has 1 aromatic carbocycles. The van der Waals surface area contributed by atoms with Crippen molar-refractivity contribution in [1.82, 2.24) is 20.2 Å². The number of carbonyl (C=O) groups excluding carboxylic acids is 1. The van der Waals surface area contributed by atoms with Gasteiger partial charge in [-0.25, -0.2) is 4.98 Å². The molecule has 1 unspecified atom stereocenters. The minimum Gasteiger partial charge on any atom is -0.328 e. The Morgan fingerprint density at radius 1 is 1.18 bits per heavy atom. The highest BCUT2D eigenvalue weighted by Gasteiger charge is 2.31. The normalized spacial score (nSPS) is 16.0. The van der Waals surface area contributed by atoms with Crippen LogP contribution in [-0.4, -0.2) is 40.4 Å². The molecule has 3 heterocycles. The highest BCUT2D eigenvalue weighted by molar-refractivity contribution is 7.17. The maximum absolute atomic E-state index is 13.3. The number of aryl methyl sites for hydroxylation is 1. The van der Waals surface area contributed by atoms with E-state index < -0.39 is 0 Å². The largest absolute Gasteiger partial charge is 0.328 e. The molecular formula is C20H22Cl2N4OS. The van der Waals surface area contributed by atoms with Gasteiger partial charge in [0.2, 0.25) is 0 Å². The number of hydrogen-bond acceptors (Lipinski definition) is 5. The van der Waals surface area contributed by atoms with Crippen molar-refractivity contribution in [1.29, 1.82) is 0 Å². The molecule has 0 aliphatic carbocycles. The minimum atomic E-state index is -0.00775. The van der Waals surface area contributed by atoms with E-state index in [0.717, 1.165) is 39.8 Å². The van der Waals surface area contributed by atoms with Gasteiger partial charge in [-0.05, 0) is 18.6 Å². The van der Waals surface area contributed by atoms with Crippen molar-refractivity contribution in [2.75, 3.05) is 19.6 Å². The molecule has 0 radical (unpaired) electrons. The van der Waals surface area contributed by atoms with E-state index in [1.165, 1.54) is 11.3 Å². The van der Waals surface area contributed by atoms with Gasteiger partial charge in [-0.3, -0.25) is 9.78 Å². The maximum atomic E-state index is 13.3. The molecule has 1 fully saturated rings. The van der Waals surface area contributed by atoms with Crippen molar-refractivity contribution in [2.45, 2.75) is 13.0 Å². The molecule has 3 aromatic rings. The fourth-order valence-corrected chi connectivity index (χ4v) is 4.28. The number of hydrogen-bond donors (Lipinski definition) is 1. The van der Waals surface area contributed by atoms with Gasteiger partial charge in [-0.1, -0.05) is 36.4 Å². The van der Waals surface area contributed by atoms with Crippen LogP contribution in [-0.2, 0) is 0 Å². The Morgan fingerprint density at radius 2 is 1.96 bits per heavy atom. The minimum absolute atomic E-state index is 0. The Morgan fingerprint density at radius 3 is 2.68 bits per heavy atom. The number of piperazine rings is 1. The zero-order valence-electron chi connectivity index (χ0n) is 15.4. The molecule has 28 heavy (non-hydrogen) atoms. The van der Waals surface area contributed by atoms with Gasteiger partial charge in [-0.15, -0.1) is 36.2 Å². The average molecular weight is 437 g/mol. The first-order valence-electron chi connectivity index (χ1n) is 8.68. The van der Waals surface area contributed by atoms with Gasteiger partial charge in [0.05, 0.1) is 11.7 Å². The summed E-state index contributed by atoms with van der Waals surface area (Å²) in [5.41, 5.74) is 2.89. The number of benzene rings is 1. The van der Waals surface area contributed by atoms with Crippen LogP contribution in [0.1, 0.15) is 27.0 Å². The molecule has 1 aliphatic rings. The van der Waals surface area contributed by atoms with Crippen molar-refractivity contribution < 1.29 is 4.79 Å². The van der Waals surface area contributed by atoms with E-state index in [1.54, 1.807) is 6.20 Å². The third-order valence-electron chi connectivity index (χ3n) is 4.59. The van der Waals surface area contributed by atoms with E-state index in [9.17, 15) is 4.79 Å². The highest BCUT2D eigenvalue weighted by atomic mass is 35.5. The summed E-state index contributed by atoms with van der Waals surface area (Å²) in [6, 6.07) is 13.9. The number of thiazole rings is 1. The molecule has 1 amide bonds. The fraction of sp³-hybridized carbons (Fsp3) is 0.250. The van der Waals surface area contributed by atoms with E-state index in [0.29, 0.717) is 6.54 Å². The molecule has 148 valence electrons. The molecule has 1 N–H and O–H groups in total. The highest BCUT2D eigenvalue weighted by Crippen LogP contribution is 2.31. The predicted octanol–water partition coefficient (Wildman–Crippen LogP) is 4.14. The summed E-state index contributed by atoms with van der Waals surface area (Å²) in [7, 11) is 0. The molecule has 1 aliphatic heterocycles. The molecule has 1 saturated heterocycles. The van der Waals surface area contributed by atoms with Crippen molar-refractivity contribution in [2.24, 2.45) is 0 Å². The van der Waals surface area contributed by atoms with Crippen LogP contribution in [0.15, 0.2) is 54.9 Å². The topological polar surface area (TPSA) is 58.1 Å². The van der Waals surface area contributed by atoms with Gasteiger partial charge in [0.25, 0.3) is 5.91 Å². The number of nitrogens with zero attached hydrogens (tertiary/aromatic N) is 3. The Kier molecular flexibility index (Phi) is 7.95. The third kappa shape index (κ3) is 4.52. The van der Waals surface area contributed by atoms with Gasteiger partial charge in [0.15, 0.2) is 0 Å². The number of pyridine rings is 1. The first-order valence-corrected chi connectivity index (χ1v) is 9.50. The SMILES string of the molecule is Cc1nc(-c2ccccc2)sc1C(=O)N1CCNCC1c1cccnc1.Cl.Cl. The van der Waals surface area contributed by atoms with Crippen molar-refractivity contribution in [3.8, 4) is 10.6 Å². The van der Waals surface area contributed by atoms with E-state index in [2.05, 4.69) is 15.3 Å². The van der Waals surface area contributed by atoms with Gasteiger partial charge in [0, 0.05) is 37.6 Å². The number of halogens is 2. The fourth-order valence-electron chi connectivity index (χ4n) is 3.25. The smallest absolute Gasteiger partial charge is 0.266 e. The molecule has 4 rings (SSSR count). The Labute approximate surface area is 181 Å². The lowest BCUT2D eigenvalue weighted by Gasteiger charge is -2.36. The van der Waals surface area contributed by atoms with Crippen LogP contribution >= 0.6 is 36.2 Å². The van der Waals surface area contributed by atoms with Gasteiger partial charge in [0.1, 0.15) is 9.88 Å². The van der Waals surface area contributed by atoms with Crippen molar-refractivity contribution >= 4 is 42.1 Å². The van der Waals surface area contributed by atoms with Gasteiger partial charge < -0.3 is 10.2 Å². The Hall–Kier alpha value is -1.99. The molecule has 0 bridgehead atoms. The van der Waals surface area contributed by atoms with E-state index >= 15 is 0 Å². The number of nitrogens with one attached hydrogen (secondary N) is 1. The number of rotatable bonds is 3. The standard InChI is InChI=1S/C20H20N4OS.2ClH/c1-14-18(26-19(23-14)15-6-3-2-4-7-15)20(25)24-11-10-22-13-17(24)16-8-5-9-21-12-16;;/h2-9,12,17,22H,10-11,13H2,1H3;2*1H. The molecule has 2 aromatic heterocycles. The predicted molar refractivity (Wildman–Crippen MR) is 118 cm³/mol. The van der Waals surface area contributed by atoms with Crippen LogP contribution in [0.25, 0.3) is 10.6 Å². The molecule has 8 heteroatoms. The lowest BCUT2D eigenvalue weighted by Crippen LogP contribution is -2.48. The molecule has 1 atom stereocenters. The van der Waals surface area contributed by atoms with E-state index in [4.69, 9.17) is 0 Å². The Bertz CT molecular complexity index is 905. The summed E-state index contributed by atoms with van der Waals surface area (Å²) in [5, 5.41) is 4.27. The van der Waals surface area contributed by atoms with E-state index in [-0.39, 0.29) is 36.8 Å². The second-order valence-electron chi connectivity index (χ2n) is 6.30. The van der Waals surface area contributed by atoms with Gasteiger partial charge in [-0.2, -0.15) is 0 Å². The molecule has 0 saturated carbocycles. The summed E-state index contributed by atoms with van der Waals surface area (Å²) in [6.45, 7) is 4.13. The summed E-state index contributed by atoms with van der Waals surface area (Å²) in [5.74, 6) is 0.0533. The van der Waals surface area contributed by atoms with Crippen LogP contribution < -0.4 is 5.32 Å². The second kappa shape index (κ2) is 9.98. The lowest BCUT2D eigenvalue weighted by molar-refractivity contribution is 0.0638. The molecular weight excluding hydrogens is 415 g/mol. The summed E-state index contributed by atoms with van der Waals surface area (Å²) in [4.78, 5) is 24.8. The van der Waals surface area contributed by atoms with Crippen LogP contribution in [0.5, 0.6) is 0 Å². The monoisotopic (exact) mass is 436 g/mol. The van der Waals surface area contributed by atoms with Crippen LogP contribution in [0.2, 0.25) is 0 Å². The number of amides is 1. The zero-order chi connectivity index (χ0) is 17.9. The van der Waals surface area contributed by atoms with E-state index in [1.807, 2.05) is 60.5 Å². The summed E-state index contributed by atoms with van der Waals surface area (Å²) >= 11 is 1.47. The van der Waals surface area contributed by atoms with Crippen molar-refractivity contribution in [3.05, 3.63) is 71.0 Å². The van der Waals surface area contributed by atoms with Crippen LogP contribution in [0, 0.1) is 6.92 Å². The maximum Gasteiger partial charge on any atom is 0.266 e. The third-order valence-corrected chi connectivity index (χ3v) is 5.78. The number of aromatic nitrogens is 2. The first-order chi connectivity index (χ1) is 12.7. The quantitative estimate of drug-likeness (QED) is 0.669. The first kappa shape index (κ1) is 22.3. The summed E-state index contributed by atoms with van der Waals surface area (Å²) in [6.07, 6.45) is 3.60.